The van der Waals surface area contributed by atoms with Crippen molar-refractivity contribution in [2.75, 3.05) is 31.3 Å². The molecule has 0 aromatic heterocycles. The largest absolute Gasteiger partial charge is 0.497 e. The standard InChI is InChI=1S/C15H24N2O5S/c1-6-11(2)16-15(18)10-17(23(5,19)20)13-8-7-12(21-3)9-14(13)22-4/h7-9,11H,6,10H2,1-5H3,(H,16,18). The van der Waals surface area contributed by atoms with Crippen LogP contribution in [0.3, 0.4) is 0 Å². The molecule has 0 aliphatic rings. The molecule has 1 unspecified atom stereocenters. The van der Waals surface area contributed by atoms with Crippen molar-refractivity contribution in [1.29, 1.82) is 0 Å². The number of carbonyl (C=O) groups excluding carboxylic acids is 1. The van der Waals surface area contributed by atoms with E-state index >= 15 is 0 Å². The van der Waals surface area contributed by atoms with Crippen LogP contribution < -0.4 is 19.1 Å². The van der Waals surface area contributed by atoms with Crippen molar-refractivity contribution in [3.8, 4) is 11.5 Å². The molecule has 0 saturated heterocycles. The zero-order chi connectivity index (χ0) is 17.6. The Balaban J connectivity index is 3.16. The maximum absolute atomic E-state index is 12.1. The molecule has 0 heterocycles. The molecule has 8 heteroatoms. The molecule has 23 heavy (non-hydrogen) atoms. The van der Waals surface area contributed by atoms with Crippen LogP contribution in [0.1, 0.15) is 20.3 Å². The van der Waals surface area contributed by atoms with E-state index in [-0.39, 0.29) is 24.2 Å². The molecule has 1 amide bonds. The Morgan fingerprint density at radius 2 is 1.96 bits per heavy atom. The fourth-order valence-corrected chi connectivity index (χ4v) is 2.78. The molecule has 0 spiro atoms. The topological polar surface area (TPSA) is 84.9 Å². The Labute approximate surface area is 137 Å². The number of hydrogen-bond donors (Lipinski definition) is 1. The zero-order valence-electron chi connectivity index (χ0n) is 14.1. The van der Waals surface area contributed by atoms with Gasteiger partial charge in [0, 0.05) is 12.1 Å². The number of anilines is 1. The van der Waals surface area contributed by atoms with E-state index in [1.807, 2.05) is 13.8 Å². The molecule has 0 radical (unpaired) electrons. The van der Waals surface area contributed by atoms with Crippen LogP contribution in [0.2, 0.25) is 0 Å². The second-order valence-corrected chi connectivity index (χ2v) is 7.09. The summed E-state index contributed by atoms with van der Waals surface area (Å²) in [6, 6.07) is 4.71. The first-order valence-corrected chi connectivity index (χ1v) is 9.06. The quantitative estimate of drug-likeness (QED) is 0.770. The Kier molecular flexibility index (Phi) is 6.68. The third kappa shape index (κ3) is 5.31. The third-order valence-electron chi connectivity index (χ3n) is 3.36. The van der Waals surface area contributed by atoms with Crippen molar-refractivity contribution in [1.82, 2.24) is 5.32 Å². The molecule has 0 aliphatic heterocycles. The van der Waals surface area contributed by atoms with Gasteiger partial charge < -0.3 is 14.8 Å². The van der Waals surface area contributed by atoms with Gasteiger partial charge in [-0.3, -0.25) is 9.10 Å². The summed E-state index contributed by atoms with van der Waals surface area (Å²) in [6.07, 6.45) is 1.81. The highest BCUT2D eigenvalue weighted by Gasteiger charge is 2.24. The lowest BCUT2D eigenvalue weighted by atomic mass is 10.2. The van der Waals surface area contributed by atoms with E-state index in [9.17, 15) is 13.2 Å². The first-order valence-electron chi connectivity index (χ1n) is 7.22. The summed E-state index contributed by atoms with van der Waals surface area (Å²) in [5.74, 6) is 0.469. The van der Waals surface area contributed by atoms with Crippen molar-refractivity contribution < 1.29 is 22.7 Å². The van der Waals surface area contributed by atoms with Crippen molar-refractivity contribution in [3.63, 3.8) is 0 Å². The molecule has 0 bridgehead atoms. The second kappa shape index (κ2) is 8.05. The van der Waals surface area contributed by atoms with Crippen LogP contribution in [0.4, 0.5) is 5.69 Å². The molecule has 1 rings (SSSR count). The van der Waals surface area contributed by atoms with E-state index in [2.05, 4.69) is 5.32 Å². The van der Waals surface area contributed by atoms with Gasteiger partial charge in [0.1, 0.15) is 18.0 Å². The first kappa shape index (κ1) is 19.1. The van der Waals surface area contributed by atoms with Crippen LogP contribution in [0, 0.1) is 0 Å². The van der Waals surface area contributed by atoms with Gasteiger partial charge in [-0.25, -0.2) is 8.42 Å². The monoisotopic (exact) mass is 344 g/mol. The lowest BCUT2D eigenvalue weighted by Gasteiger charge is -2.24. The minimum absolute atomic E-state index is 0.0262. The fraction of sp³-hybridized carbons (Fsp3) is 0.533. The van der Waals surface area contributed by atoms with Crippen LogP contribution in [-0.4, -0.2) is 47.4 Å². The van der Waals surface area contributed by atoms with Crippen LogP contribution in [-0.2, 0) is 14.8 Å². The molecule has 0 fully saturated rings. The van der Waals surface area contributed by atoms with E-state index in [1.165, 1.54) is 14.2 Å². The summed E-state index contributed by atoms with van der Waals surface area (Å²) in [4.78, 5) is 12.1. The number of benzene rings is 1. The molecule has 1 aromatic carbocycles. The van der Waals surface area contributed by atoms with E-state index in [1.54, 1.807) is 18.2 Å². The second-order valence-electron chi connectivity index (χ2n) is 5.18. The average molecular weight is 344 g/mol. The number of hydrogen-bond acceptors (Lipinski definition) is 5. The molecule has 0 saturated carbocycles. The number of amides is 1. The molecular weight excluding hydrogens is 320 g/mol. The number of rotatable bonds is 8. The van der Waals surface area contributed by atoms with Crippen LogP contribution in [0.15, 0.2) is 18.2 Å². The molecule has 7 nitrogen and oxygen atoms in total. The SMILES string of the molecule is CCC(C)NC(=O)CN(c1ccc(OC)cc1OC)S(C)(=O)=O. The Bertz CT molecular complexity index is 645. The van der Waals surface area contributed by atoms with Crippen molar-refractivity contribution in [2.24, 2.45) is 0 Å². The van der Waals surface area contributed by atoms with E-state index in [0.717, 1.165) is 17.0 Å². The molecule has 0 aliphatic carbocycles. The number of methoxy groups -OCH3 is 2. The van der Waals surface area contributed by atoms with Gasteiger partial charge >= 0.3 is 0 Å². The van der Waals surface area contributed by atoms with Gasteiger partial charge in [-0.1, -0.05) is 6.92 Å². The predicted molar refractivity (Wildman–Crippen MR) is 89.6 cm³/mol. The van der Waals surface area contributed by atoms with Crippen molar-refractivity contribution in [3.05, 3.63) is 18.2 Å². The number of nitrogens with one attached hydrogen (secondary N) is 1. The smallest absolute Gasteiger partial charge is 0.240 e. The lowest BCUT2D eigenvalue weighted by Crippen LogP contribution is -2.43. The van der Waals surface area contributed by atoms with Gasteiger partial charge in [0.05, 0.1) is 26.2 Å². The highest BCUT2D eigenvalue weighted by atomic mass is 32.2. The third-order valence-corrected chi connectivity index (χ3v) is 4.49. The maximum atomic E-state index is 12.1. The average Bonchev–Trinajstić information content (AvgIpc) is 2.50. The van der Waals surface area contributed by atoms with Crippen molar-refractivity contribution >= 4 is 21.6 Å². The zero-order valence-corrected chi connectivity index (χ0v) is 14.9. The Hall–Kier alpha value is -1.96. The van der Waals surface area contributed by atoms with Crippen molar-refractivity contribution in [2.45, 2.75) is 26.3 Å². The molecule has 1 N–H and O–H groups in total. The van der Waals surface area contributed by atoms with E-state index in [0.29, 0.717) is 11.5 Å². The highest BCUT2D eigenvalue weighted by molar-refractivity contribution is 7.92. The minimum atomic E-state index is -3.66. The van der Waals surface area contributed by atoms with E-state index in [4.69, 9.17) is 9.47 Å². The molecule has 1 aromatic rings. The summed E-state index contributed by atoms with van der Waals surface area (Å²) in [5, 5.41) is 2.75. The molecule has 130 valence electrons. The van der Waals surface area contributed by atoms with Crippen LogP contribution in [0.25, 0.3) is 0 Å². The number of nitrogens with zero attached hydrogens (tertiary/aromatic N) is 1. The summed E-state index contributed by atoms with van der Waals surface area (Å²) in [5.41, 5.74) is 0.287. The predicted octanol–water partition coefficient (Wildman–Crippen LogP) is 1.38. The normalized spacial score (nSPS) is 12.4. The number of carbonyl (C=O) groups is 1. The summed E-state index contributed by atoms with van der Waals surface area (Å²) in [7, 11) is -0.725. The summed E-state index contributed by atoms with van der Waals surface area (Å²) >= 11 is 0. The van der Waals surface area contributed by atoms with Gasteiger partial charge in [-0.2, -0.15) is 0 Å². The fourth-order valence-electron chi connectivity index (χ4n) is 1.92. The summed E-state index contributed by atoms with van der Waals surface area (Å²) < 4.78 is 35.6. The van der Waals surface area contributed by atoms with Gasteiger partial charge in [-0.05, 0) is 25.5 Å². The van der Waals surface area contributed by atoms with Gasteiger partial charge in [0.25, 0.3) is 0 Å². The van der Waals surface area contributed by atoms with Gasteiger partial charge in [0.15, 0.2) is 0 Å². The number of ether oxygens (including phenoxy) is 2. The van der Waals surface area contributed by atoms with Crippen LogP contribution >= 0.6 is 0 Å². The van der Waals surface area contributed by atoms with Crippen LogP contribution in [0.5, 0.6) is 11.5 Å². The summed E-state index contributed by atoms with van der Waals surface area (Å²) in [6.45, 7) is 3.48. The van der Waals surface area contributed by atoms with Gasteiger partial charge in [-0.15, -0.1) is 0 Å². The first-order chi connectivity index (χ1) is 10.7. The maximum Gasteiger partial charge on any atom is 0.240 e. The minimum Gasteiger partial charge on any atom is -0.497 e. The Morgan fingerprint density at radius 3 is 2.43 bits per heavy atom. The molecule has 1 atom stereocenters. The van der Waals surface area contributed by atoms with Gasteiger partial charge in [0.2, 0.25) is 15.9 Å². The highest BCUT2D eigenvalue weighted by Crippen LogP contribution is 2.33. The lowest BCUT2D eigenvalue weighted by molar-refractivity contribution is -0.120. The number of sulfonamides is 1. The Morgan fingerprint density at radius 1 is 1.30 bits per heavy atom. The molecular formula is C15H24N2O5S. The van der Waals surface area contributed by atoms with E-state index < -0.39 is 10.0 Å².